The molecule has 0 atom stereocenters. The highest BCUT2D eigenvalue weighted by Gasteiger charge is 2.28. The summed E-state index contributed by atoms with van der Waals surface area (Å²) in [5.41, 5.74) is 0.719. The minimum absolute atomic E-state index is 0.117. The summed E-state index contributed by atoms with van der Waals surface area (Å²) in [5.74, 6) is -1.02. The summed E-state index contributed by atoms with van der Waals surface area (Å²) in [6.07, 6.45) is -4.46. The molecule has 1 nitrogen and oxygen atoms in total. The van der Waals surface area contributed by atoms with Crippen LogP contribution in [-0.4, -0.2) is 12.8 Å². The van der Waals surface area contributed by atoms with Gasteiger partial charge in [-0.2, -0.15) is 13.2 Å². The third-order valence-electron chi connectivity index (χ3n) is 2.01. The number of halogens is 4. The minimum atomic E-state index is -4.46. The van der Waals surface area contributed by atoms with Gasteiger partial charge in [-0.25, -0.2) is 4.39 Å². The fourth-order valence-electron chi connectivity index (χ4n) is 1.15. The molecule has 0 radical (unpaired) electrons. The van der Waals surface area contributed by atoms with Gasteiger partial charge >= 0.3 is 6.18 Å². The van der Waals surface area contributed by atoms with E-state index in [-0.39, 0.29) is 11.7 Å². The van der Waals surface area contributed by atoms with E-state index in [1.807, 2.05) is 27.7 Å². The van der Waals surface area contributed by atoms with Crippen LogP contribution in [0.2, 0.25) is 0 Å². The van der Waals surface area contributed by atoms with Crippen LogP contribution in [0.15, 0.2) is 18.2 Å². The van der Waals surface area contributed by atoms with Gasteiger partial charge in [0.15, 0.2) is 18.2 Å². The molecular formula is C13H18F4O. The second-order valence-corrected chi connectivity index (χ2v) is 3.75. The Morgan fingerprint density at radius 3 is 2.11 bits per heavy atom. The van der Waals surface area contributed by atoms with Gasteiger partial charge in [0.1, 0.15) is 0 Å². The first-order chi connectivity index (χ1) is 8.29. The summed E-state index contributed by atoms with van der Waals surface area (Å²) in [5, 5.41) is 0. The van der Waals surface area contributed by atoms with Gasteiger partial charge in [0.05, 0.1) is 0 Å². The molecule has 1 rings (SSSR count). The summed E-state index contributed by atoms with van der Waals surface area (Å²) < 4.78 is 53.1. The smallest absolute Gasteiger partial charge is 0.422 e. The van der Waals surface area contributed by atoms with Crippen molar-refractivity contribution in [1.29, 1.82) is 0 Å². The van der Waals surface area contributed by atoms with Crippen LogP contribution in [-0.2, 0) is 0 Å². The van der Waals surface area contributed by atoms with Crippen LogP contribution in [0.25, 0.3) is 0 Å². The molecule has 5 heteroatoms. The van der Waals surface area contributed by atoms with Gasteiger partial charge in [0.2, 0.25) is 0 Å². The predicted octanol–water partition coefficient (Wildman–Crippen LogP) is 4.92. The lowest BCUT2D eigenvalue weighted by molar-refractivity contribution is -0.153. The number of rotatable bonds is 3. The fourth-order valence-corrected chi connectivity index (χ4v) is 1.15. The summed E-state index contributed by atoms with van der Waals surface area (Å²) in [6, 6.07) is 3.96. The average Bonchev–Trinajstić information content (AvgIpc) is 2.28. The summed E-state index contributed by atoms with van der Waals surface area (Å²) in [4.78, 5) is 0. The zero-order valence-electron chi connectivity index (χ0n) is 10.9. The number of hydrogen-bond donors (Lipinski definition) is 0. The molecular weight excluding hydrogens is 248 g/mol. The Bertz CT molecular complexity index is 358. The second kappa shape index (κ2) is 7.24. The SMILES string of the molecule is CC.CC(C)c1ccc(OCC(F)(F)F)c(F)c1. The highest BCUT2D eigenvalue weighted by Crippen LogP contribution is 2.24. The van der Waals surface area contributed by atoms with Gasteiger partial charge in [-0.05, 0) is 23.6 Å². The largest absolute Gasteiger partial charge is 0.481 e. The second-order valence-electron chi connectivity index (χ2n) is 3.75. The van der Waals surface area contributed by atoms with Crippen molar-refractivity contribution in [1.82, 2.24) is 0 Å². The van der Waals surface area contributed by atoms with Crippen molar-refractivity contribution in [2.75, 3.05) is 6.61 Å². The lowest BCUT2D eigenvalue weighted by atomic mass is 10.0. The molecule has 0 N–H and O–H groups in total. The van der Waals surface area contributed by atoms with Gasteiger partial charge in [-0.3, -0.25) is 0 Å². The monoisotopic (exact) mass is 266 g/mol. The van der Waals surface area contributed by atoms with E-state index in [2.05, 4.69) is 4.74 Å². The Labute approximate surface area is 105 Å². The van der Waals surface area contributed by atoms with Gasteiger partial charge in [0.25, 0.3) is 0 Å². The normalized spacial score (nSPS) is 10.9. The molecule has 104 valence electrons. The molecule has 0 spiro atoms. The topological polar surface area (TPSA) is 9.23 Å². The Kier molecular flexibility index (Phi) is 6.73. The molecule has 0 aliphatic heterocycles. The Balaban J connectivity index is 0.00000137. The summed E-state index contributed by atoms with van der Waals surface area (Å²) in [7, 11) is 0. The van der Waals surface area contributed by atoms with Crippen molar-refractivity contribution in [2.24, 2.45) is 0 Å². The molecule has 1 aromatic rings. The van der Waals surface area contributed by atoms with E-state index in [0.717, 1.165) is 5.56 Å². The highest BCUT2D eigenvalue weighted by atomic mass is 19.4. The van der Waals surface area contributed by atoms with E-state index >= 15 is 0 Å². The van der Waals surface area contributed by atoms with Gasteiger partial charge in [-0.15, -0.1) is 0 Å². The van der Waals surface area contributed by atoms with Gasteiger partial charge in [-0.1, -0.05) is 33.8 Å². The molecule has 0 fully saturated rings. The first kappa shape index (κ1) is 16.7. The van der Waals surface area contributed by atoms with E-state index < -0.39 is 18.6 Å². The molecule has 0 bridgehead atoms. The van der Waals surface area contributed by atoms with Crippen molar-refractivity contribution >= 4 is 0 Å². The average molecular weight is 266 g/mol. The molecule has 0 aliphatic rings. The Morgan fingerprint density at radius 2 is 1.72 bits per heavy atom. The maximum atomic E-state index is 13.3. The Hall–Kier alpha value is -1.26. The third kappa shape index (κ3) is 5.89. The molecule has 18 heavy (non-hydrogen) atoms. The van der Waals surface area contributed by atoms with Crippen LogP contribution < -0.4 is 4.74 Å². The van der Waals surface area contributed by atoms with Crippen molar-refractivity contribution in [3.63, 3.8) is 0 Å². The molecule has 0 saturated carbocycles. The molecule has 0 aliphatic carbocycles. The van der Waals surface area contributed by atoms with Crippen molar-refractivity contribution < 1.29 is 22.3 Å². The van der Waals surface area contributed by atoms with Crippen LogP contribution in [0.5, 0.6) is 5.75 Å². The first-order valence-corrected chi connectivity index (χ1v) is 5.78. The number of benzene rings is 1. The molecule has 0 amide bonds. The first-order valence-electron chi connectivity index (χ1n) is 5.78. The lowest BCUT2D eigenvalue weighted by Crippen LogP contribution is -2.19. The zero-order valence-corrected chi connectivity index (χ0v) is 10.9. The van der Waals surface area contributed by atoms with E-state index in [0.29, 0.717) is 0 Å². The van der Waals surface area contributed by atoms with Crippen molar-refractivity contribution in [2.45, 2.75) is 39.8 Å². The molecule has 1 aromatic carbocycles. The van der Waals surface area contributed by atoms with Crippen LogP contribution in [0.4, 0.5) is 17.6 Å². The maximum absolute atomic E-state index is 13.3. The standard InChI is InChI=1S/C11H12F4O.C2H6/c1-7(2)8-3-4-10(9(12)5-8)16-6-11(13,14)15;1-2/h3-5,7H,6H2,1-2H3;1-2H3. The van der Waals surface area contributed by atoms with E-state index in [1.54, 1.807) is 6.07 Å². The van der Waals surface area contributed by atoms with Gasteiger partial charge < -0.3 is 4.74 Å². The van der Waals surface area contributed by atoms with E-state index in [1.165, 1.54) is 12.1 Å². The van der Waals surface area contributed by atoms with Crippen molar-refractivity contribution in [3.05, 3.63) is 29.6 Å². The predicted molar refractivity (Wildman–Crippen MR) is 63.4 cm³/mol. The quantitative estimate of drug-likeness (QED) is 0.706. The number of ether oxygens (including phenoxy) is 1. The van der Waals surface area contributed by atoms with Crippen LogP contribution in [0.1, 0.15) is 39.2 Å². The van der Waals surface area contributed by atoms with Crippen molar-refractivity contribution in [3.8, 4) is 5.75 Å². The lowest BCUT2D eigenvalue weighted by Gasteiger charge is -2.11. The highest BCUT2D eigenvalue weighted by molar-refractivity contribution is 5.30. The maximum Gasteiger partial charge on any atom is 0.422 e. The number of alkyl halides is 3. The molecule has 0 saturated heterocycles. The zero-order chi connectivity index (χ0) is 14.3. The third-order valence-corrected chi connectivity index (χ3v) is 2.01. The minimum Gasteiger partial charge on any atom is -0.481 e. The van der Waals surface area contributed by atoms with Crippen LogP contribution in [0.3, 0.4) is 0 Å². The molecule has 0 aromatic heterocycles. The van der Waals surface area contributed by atoms with Crippen LogP contribution >= 0.6 is 0 Å². The fraction of sp³-hybridized carbons (Fsp3) is 0.538. The summed E-state index contributed by atoms with van der Waals surface area (Å²) >= 11 is 0. The molecule has 0 unspecified atom stereocenters. The Morgan fingerprint density at radius 1 is 1.17 bits per heavy atom. The molecule has 0 heterocycles. The van der Waals surface area contributed by atoms with Crippen LogP contribution in [0, 0.1) is 5.82 Å². The van der Waals surface area contributed by atoms with E-state index in [9.17, 15) is 17.6 Å². The van der Waals surface area contributed by atoms with E-state index in [4.69, 9.17) is 0 Å². The summed E-state index contributed by atoms with van der Waals surface area (Å²) in [6.45, 7) is 6.25. The van der Waals surface area contributed by atoms with Gasteiger partial charge in [0, 0.05) is 0 Å². The number of hydrogen-bond acceptors (Lipinski definition) is 1.